The second-order valence-corrected chi connectivity index (χ2v) is 3.87. The molecule has 1 aromatic carbocycles. The molecule has 2 nitrogen and oxygen atoms in total. The first-order valence-electron chi connectivity index (χ1n) is 5.05. The molecule has 0 aliphatic rings. The molecule has 0 saturated carbocycles. The van der Waals surface area contributed by atoms with E-state index in [4.69, 9.17) is 10.5 Å². The third kappa shape index (κ3) is 2.82. The molecule has 1 unspecified atom stereocenters. The van der Waals surface area contributed by atoms with E-state index in [0.717, 1.165) is 5.56 Å². The molecule has 1 aromatic rings. The van der Waals surface area contributed by atoms with Crippen LogP contribution >= 0.6 is 0 Å². The molecule has 0 spiro atoms. The topological polar surface area (TPSA) is 47.6 Å². The Morgan fingerprint density at radius 2 is 1.60 bits per heavy atom. The summed E-state index contributed by atoms with van der Waals surface area (Å²) in [6.45, 7) is 4.26. The highest BCUT2D eigenvalue weighted by atomic mass is 14.3. The lowest BCUT2D eigenvalue weighted by Gasteiger charge is -2.08. The molecule has 1 rings (SSSR count). The van der Waals surface area contributed by atoms with E-state index in [1.165, 1.54) is 5.56 Å². The fraction of sp³-hybridized carbons (Fsp3) is 0.385. The summed E-state index contributed by atoms with van der Waals surface area (Å²) in [4.78, 5) is 0. The Morgan fingerprint density at radius 1 is 1.07 bits per heavy atom. The maximum Gasteiger partial charge on any atom is 0.0842 e. The summed E-state index contributed by atoms with van der Waals surface area (Å²) < 4.78 is 0. The zero-order valence-electron chi connectivity index (χ0n) is 9.07. The molecule has 0 bridgehead atoms. The number of benzene rings is 1. The molecule has 76 valence electrons. The Hall–Kier alpha value is -1.80. The summed E-state index contributed by atoms with van der Waals surface area (Å²) in [5.41, 5.74) is 2.19. The van der Waals surface area contributed by atoms with E-state index in [1.807, 2.05) is 30.3 Å². The zero-order chi connectivity index (χ0) is 11.3. The van der Waals surface area contributed by atoms with Crippen molar-refractivity contribution >= 4 is 0 Å². The van der Waals surface area contributed by atoms with Gasteiger partial charge < -0.3 is 0 Å². The fourth-order valence-corrected chi connectivity index (χ4v) is 1.44. The number of nitriles is 2. The molecule has 15 heavy (non-hydrogen) atoms. The van der Waals surface area contributed by atoms with Crippen molar-refractivity contribution in [3.8, 4) is 12.1 Å². The van der Waals surface area contributed by atoms with E-state index < -0.39 is 0 Å². The normalized spacial score (nSPS) is 11.8. The van der Waals surface area contributed by atoms with Gasteiger partial charge in [-0.05, 0) is 17.0 Å². The zero-order valence-corrected chi connectivity index (χ0v) is 9.07. The predicted octanol–water partition coefficient (Wildman–Crippen LogP) is 3.33. The average Bonchev–Trinajstić information content (AvgIpc) is 2.26. The summed E-state index contributed by atoms with van der Waals surface area (Å²) in [7, 11) is 0. The lowest BCUT2D eigenvalue weighted by molar-refractivity contribution is 0.853. The SMILES string of the molecule is CC(C)c1ccc(C(C#N)CC#N)cc1. The van der Waals surface area contributed by atoms with Crippen molar-refractivity contribution in [2.45, 2.75) is 32.1 Å². The minimum atomic E-state index is -0.295. The first-order valence-corrected chi connectivity index (χ1v) is 5.05. The van der Waals surface area contributed by atoms with Crippen LogP contribution in [0, 0.1) is 22.7 Å². The van der Waals surface area contributed by atoms with Gasteiger partial charge >= 0.3 is 0 Å². The Morgan fingerprint density at radius 3 is 2.00 bits per heavy atom. The van der Waals surface area contributed by atoms with Crippen LogP contribution in [-0.2, 0) is 0 Å². The number of hydrogen-bond acceptors (Lipinski definition) is 2. The van der Waals surface area contributed by atoms with Crippen LogP contribution in [0.2, 0.25) is 0 Å². The van der Waals surface area contributed by atoms with Gasteiger partial charge in [0.1, 0.15) is 0 Å². The van der Waals surface area contributed by atoms with Gasteiger partial charge in [0.05, 0.1) is 24.5 Å². The smallest absolute Gasteiger partial charge is 0.0842 e. The molecule has 0 aliphatic heterocycles. The molecular weight excluding hydrogens is 184 g/mol. The van der Waals surface area contributed by atoms with Gasteiger partial charge in [-0.2, -0.15) is 10.5 Å². The Kier molecular flexibility index (Phi) is 3.89. The first kappa shape index (κ1) is 11.3. The van der Waals surface area contributed by atoms with Gasteiger partial charge in [-0.15, -0.1) is 0 Å². The van der Waals surface area contributed by atoms with Crippen LogP contribution in [0.5, 0.6) is 0 Å². The quantitative estimate of drug-likeness (QED) is 0.747. The van der Waals surface area contributed by atoms with Gasteiger partial charge in [-0.3, -0.25) is 0 Å². The number of nitrogens with zero attached hydrogens (tertiary/aromatic N) is 2. The summed E-state index contributed by atoms with van der Waals surface area (Å²) in [6.07, 6.45) is 0.261. The molecule has 0 aliphatic carbocycles. The Bertz CT molecular complexity index is 390. The highest BCUT2D eigenvalue weighted by molar-refractivity contribution is 5.30. The minimum absolute atomic E-state index is 0.261. The monoisotopic (exact) mass is 198 g/mol. The second-order valence-electron chi connectivity index (χ2n) is 3.87. The van der Waals surface area contributed by atoms with Gasteiger partial charge in [-0.25, -0.2) is 0 Å². The number of rotatable bonds is 3. The van der Waals surface area contributed by atoms with Crippen molar-refractivity contribution in [1.29, 1.82) is 10.5 Å². The van der Waals surface area contributed by atoms with Crippen LogP contribution < -0.4 is 0 Å². The Labute approximate surface area is 90.8 Å². The van der Waals surface area contributed by atoms with E-state index in [-0.39, 0.29) is 12.3 Å². The van der Waals surface area contributed by atoms with Crippen LogP contribution in [0.3, 0.4) is 0 Å². The van der Waals surface area contributed by atoms with Crippen LogP contribution in [0.1, 0.15) is 43.2 Å². The lowest BCUT2D eigenvalue weighted by Crippen LogP contribution is -1.95. The summed E-state index contributed by atoms with van der Waals surface area (Å²) in [6, 6.07) is 12.1. The molecule has 0 N–H and O–H groups in total. The molecule has 2 heteroatoms. The van der Waals surface area contributed by atoms with Crippen molar-refractivity contribution in [1.82, 2.24) is 0 Å². The van der Waals surface area contributed by atoms with E-state index in [0.29, 0.717) is 5.92 Å². The van der Waals surface area contributed by atoms with Gasteiger partial charge in [0.25, 0.3) is 0 Å². The van der Waals surface area contributed by atoms with Crippen LogP contribution in [0.15, 0.2) is 24.3 Å². The first-order chi connectivity index (χ1) is 7.19. The standard InChI is InChI=1S/C13H14N2/c1-10(2)11-3-5-12(6-4-11)13(9-15)7-8-14/h3-6,10,13H,7H2,1-2H3. The van der Waals surface area contributed by atoms with E-state index in [9.17, 15) is 0 Å². The predicted molar refractivity (Wildman–Crippen MR) is 59.1 cm³/mol. The summed E-state index contributed by atoms with van der Waals surface area (Å²) in [5, 5.41) is 17.5. The molecule has 0 saturated heterocycles. The van der Waals surface area contributed by atoms with E-state index in [2.05, 4.69) is 19.9 Å². The summed E-state index contributed by atoms with van der Waals surface area (Å²) >= 11 is 0. The van der Waals surface area contributed by atoms with E-state index >= 15 is 0 Å². The molecule has 1 atom stereocenters. The molecule has 0 amide bonds. The molecule has 0 radical (unpaired) electrons. The molecular formula is C13H14N2. The highest BCUT2D eigenvalue weighted by Crippen LogP contribution is 2.21. The van der Waals surface area contributed by atoms with Crippen molar-refractivity contribution in [2.24, 2.45) is 0 Å². The van der Waals surface area contributed by atoms with Gasteiger partial charge in [0, 0.05) is 0 Å². The molecule has 0 aromatic heterocycles. The van der Waals surface area contributed by atoms with Gasteiger partial charge in [-0.1, -0.05) is 38.1 Å². The van der Waals surface area contributed by atoms with E-state index in [1.54, 1.807) is 0 Å². The fourth-order valence-electron chi connectivity index (χ4n) is 1.44. The van der Waals surface area contributed by atoms with Crippen LogP contribution in [0.4, 0.5) is 0 Å². The van der Waals surface area contributed by atoms with Crippen molar-refractivity contribution < 1.29 is 0 Å². The maximum absolute atomic E-state index is 8.89. The minimum Gasteiger partial charge on any atom is -0.198 e. The van der Waals surface area contributed by atoms with Gasteiger partial charge in [0.15, 0.2) is 0 Å². The van der Waals surface area contributed by atoms with Crippen molar-refractivity contribution in [3.63, 3.8) is 0 Å². The van der Waals surface area contributed by atoms with Crippen molar-refractivity contribution in [2.75, 3.05) is 0 Å². The van der Waals surface area contributed by atoms with Crippen LogP contribution in [-0.4, -0.2) is 0 Å². The molecule has 0 heterocycles. The van der Waals surface area contributed by atoms with Gasteiger partial charge in [0.2, 0.25) is 0 Å². The highest BCUT2D eigenvalue weighted by Gasteiger charge is 2.09. The lowest BCUT2D eigenvalue weighted by atomic mass is 9.94. The third-order valence-corrected chi connectivity index (χ3v) is 2.46. The average molecular weight is 198 g/mol. The second kappa shape index (κ2) is 5.17. The molecule has 0 fully saturated rings. The Balaban J connectivity index is 2.89. The third-order valence-electron chi connectivity index (χ3n) is 2.46. The maximum atomic E-state index is 8.89. The van der Waals surface area contributed by atoms with Crippen molar-refractivity contribution in [3.05, 3.63) is 35.4 Å². The number of hydrogen-bond donors (Lipinski definition) is 0. The summed E-state index contributed by atoms with van der Waals surface area (Å²) in [5.74, 6) is 0.201. The largest absolute Gasteiger partial charge is 0.198 e. The van der Waals surface area contributed by atoms with Crippen LogP contribution in [0.25, 0.3) is 0 Å².